The van der Waals surface area contributed by atoms with E-state index in [1.54, 1.807) is 12.1 Å². The average Bonchev–Trinajstić information content (AvgIpc) is 2.55. The first-order valence-corrected chi connectivity index (χ1v) is 10.4. The summed E-state index contributed by atoms with van der Waals surface area (Å²) in [5, 5.41) is 2.98. The Morgan fingerprint density at radius 3 is 2.19 bits per heavy atom. The van der Waals surface area contributed by atoms with Crippen molar-refractivity contribution in [3.8, 4) is 5.75 Å². The normalized spacial score (nSPS) is 17.2. The van der Waals surface area contributed by atoms with E-state index in [4.69, 9.17) is 4.74 Å². The van der Waals surface area contributed by atoms with Crippen molar-refractivity contribution in [1.82, 2.24) is 9.62 Å². The van der Waals surface area contributed by atoms with Gasteiger partial charge in [-0.3, -0.25) is 4.79 Å². The molecule has 26 heavy (non-hydrogen) atoms. The van der Waals surface area contributed by atoms with Crippen LogP contribution >= 0.6 is 0 Å². The largest absolute Gasteiger partial charge is 0.495 e. The number of rotatable bonds is 4. The second-order valence-corrected chi connectivity index (χ2v) is 9.91. The highest BCUT2D eigenvalue weighted by molar-refractivity contribution is 7.89. The quantitative estimate of drug-likeness (QED) is 0.869. The predicted molar refractivity (Wildman–Crippen MR) is 102 cm³/mol. The SMILES string of the molecule is COc1cc(C)c(C)cc1S(=O)(=O)N1CCC(C(=O)NC(C)(C)C)CC1. The minimum atomic E-state index is -3.65. The van der Waals surface area contributed by atoms with Crippen molar-refractivity contribution < 1.29 is 17.9 Å². The number of hydrogen-bond donors (Lipinski definition) is 1. The van der Waals surface area contributed by atoms with Gasteiger partial charge in [-0.2, -0.15) is 4.31 Å². The molecule has 0 atom stereocenters. The van der Waals surface area contributed by atoms with Crippen LogP contribution in [0.2, 0.25) is 0 Å². The smallest absolute Gasteiger partial charge is 0.246 e. The fourth-order valence-electron chi connectivity index (χ4n) is 3.09. The lowest BCUT2D eigenvalue weighted by Crippen LogP contribution is -2.47. The molecule has 0 radical (unpaired) electrons. The third-order valence-corrected chi connectivity index (χ3v) is 6.64. The first-order valence-electron chi connectivity index (χ1n) is 8.93. The van der Waals surface area contributed by atoms with Gasteiger partial charge in [0.15, 0.2) is 0 Å². The lowest BCUT2D eigenvalue weighted by atomic mass is 9.96. The molecule has 1 aliphatic heterocycles. The highest BCUT2D eigenvalue weighted by Gasteiger charge is 2.34. The van der Waals surface area contributed by atoms with E-state index in [9.17, 15) is 13.2 Å². The van der Waals surface area contributed by atoms with Crippen molar-refractivity contribution in [1.29, 1.82) is 0 Å². The number of piperidine rings is 1. The summed E-state index contributed by atoms with van der Waals surface area (Å²) in [4.78, 5) is 12.5. The second kappa shape index (κ2) is 7.56. The molecule has 1 aromatic carbocycles. The van der Waals surface area contributed by atoms with E-state index in [-0.39, 0.29) is 22.3 Å². The lowest BCUT2D eigenvalue weighted by Gasteiger charge is -2.32. The van der Waals surface area contributed by atoms with Crippen molar-refractivity contribution >= 4 is 15.9 Å². The number of aryl methyl sites for hydroxylation is 2. The number of nitrogens with zero attached hydrogens (tertiary/aromatic N) is 1. The van der Waals surface area contributed by atoms with E-state index in [1.165, 1.54) is 11.4 Å². The number of carbonyl (C=O) groups excluding carboxylic acids is 1. The third kappa shape index (κ3) is 4.57. The number of nitrogens with one attached hydrogen (secondary N) is 1. The van der Waals surface area contributed by atoms with Gasteiger partial charge in [-0.15, -0.1) is 0 Å². The zero-order valence-corrected chi connectivity index (χ0v) is 17.4. The zero-order chi connectivity index (χ0) is 19.7. The Hall–Kier alpha value is -1.60. The molecule has 146 valence electrons. The number of methoxy groups -OCH3 is 1. The molecular formula is C19H30N2O4S. The Bertz CT molecular complexity index is 773. The van der Waals surface area contributed by atoms with Crippen molar-refractivity contribution in [2.24, 2.45) is 5.92 Å². The monoisotopic (exact) mass is 382 g/mol. The standard InChI is InChI=1S/C19H30N2O4S/c1-13-11-16(25-6)17(12-14(13)2)26(23,24)21-9-7-15(8-10-21)18(22)20-19(3,4)5/h11-12,15H,7-10H2,1-6H3,(H,20,22). The Morgan fingerprint density at radius 1 is 1.15 bits per heavy atom. The molecule has 1 saturated heterocycles. The number of carbonyl (C=O) groups is 1. The molecule has 1 amide bonds. The predicted octanol–water partition coefficient (Wildman–Crippen LogP) is 2.63. The van der Waals surface area contributed by atoms with Gasteiger partial charge in [-0.05, 0) is 70.7 Å². The summed E-state index contributed by atoms with van der Waals surface area (Å²) in [6.07, 6.45) is 1.04. The van der Waals surface area contributed by atoms with Gasteiger partial charge in [0.1, 0.15) is 10.6 Å². The summed E-state index contributed by atoms with van der Waals surface area (Å²) in [6.45, 7) is 10.3. The molecule has 1 N–H and O–H groups in total. The van der Waals surface area contributed by atoms with E-state index in [1.807, 2.05) is 34.6 Å². The Morgan fingerprint density at radius 2 is 1.69 bits per heavy atom. The molecule has 1 aliphatic rings. The molecule has 0 unspecified atom stereocenters. The number of amides is 1. The van der Waals surface area contributed by atoms with Crippen molar-refractivity contribution in [3.63, 3.8) is 0 Å². The Balaban J connectivity index is 2.16. The minimum Gasteiger partial charge on any atom is -0.495 e. The Kier molecular flexibility index (Phi) is 6.02. The van der Waals surface area contributed by atoms with Crippen LogP contribution in [0.5, 0.6) is 5.75 Å². The summed E-state index contributed by atoms with van der Waals surface area (Å²) in [6, 6.07) is 3.42. The van der Waals surface area contributed by atoms with Crippen LogP contribution in [0.25, 0.3) is 0 Å². The van der Waals surface area contributed by atoms with Gasteiger partial charge in [-0.25, -0.2) is 8.42 Å². The van der Waals surface area contributed by atoms with Gasteiger partial charge < -0.3 is 10.1 Å². The van der Waals surface area contributed by atoms with Crippen molar-refractivity contribution in [2.45, 2.75) is 57.9 Å². The molecule has 6 nitrogen and oxygen atoms in total. The summed E-state index contributed by atoms with van der Waals surface area (Å²) >= 11 is 0. The third-order valence-electron chi connectivity index (χ3n) is 4.72. The molecule has 0 aliphatic carbocycles. The molecule has 1 fully saturated rings. The van der Waals surface area contributed by atoms with Gasteiger partial charge in [0.2, 0.25) is 15.9 Å². The number of ether oxygens (including phenoxy) is 1. The molecular weight excluding hydrogens is 352 g/mol. The van der Waals surface area contributed by atoms with Gasteiger partial charge >= 0.3 is 0 Å². The van der Waals surface area contributed by atoms with E-state index < -0.39 is 10.0 Å². The van der Waals surface area contributed by atoms with Crippen LogP contribution in [-0.2, 0) is 14.8 Å². The maximum atomic E-state index is 13.1. The summed E-state index contributed by atoms with van der Waals surface area (Å²) in [5.41, 5.74) is 1.61. The fraction of sp³-hybridized carbons (Fsp3) is 0.632. The average molecular weight is 383 g/mol. The molecule has 0 bridgehead atoms. The highest BCUT2D eigenvalue weighted by Crippen LogP contribution is 2.32. The number of sulfonamides is 1. The van der Waals surface area contributed by atoms with Crippen molar-refractivity contribution in [2.75, 3.05) is 20.2 Å². The van der Waals surface area contributed by atoms with Crippen LogP contribution in [-0.4, -0.2) is 44.4 Å². The van der Waals surface area contributed by atoms with Gasteiger partial charge in [0.25, 0.3) is 0 Å². The molecule has 2 rings (SSSR count). The van der Waals surface area contributed by atoms with Gasteiger partial charge in [0, 0.05) is 24.5 Å². The molecule has 1 aromatic rings. The highest BCUT2D eigenvalue weighted by atomic mass is 32.2. The molecule has 0 saturated carbocycles. The van der Waals surface area contributed by atoms with Crippen LogP contribution in [0, 0.1) is 19.8 Å². The first kappa shape index (κ1) is 20.7. The fourth-order valence-corrected chi connectivity index (χ4v) is 4.79. The topological polar surface area (TPSA) is 75.7 Å². The van der Waals surface area contributed by atoms with Crippen LogP contribution in [0.3, 0.4) is 0 Å². The van der Waals surface area contributed by atoms with Gasteiger partial charge in [0.05, 0.1) is 7.11 Å². The Labute approximate surface area is 157 Å². The molecule has 0 aromatic heterocycles. The van der Waals surface area contributed by atoms with Crippen LogP contribution < -0.4 is 10.1 Å². The van der Waals surface area contributed by atoms with Crippen LogP contribution in [0.15, 0.2) is 17.0 Å². The van der Waals surface area contributed by atoms with E-state index in [0.29, 0.717) is 31.7 Å². The molecule has 0 spiro atoms. The van der Waals surface area contributed by atoms with Gasteiger partial charge in [-0.1, -0.05) is 0 Å². The first-order chi connectivity index (χ1) is 12.0. The van der Waals surface area contributed by atoms with E-state index >= 15 is 0 Å². The summed E-state index contributed by atoms with van der Waals surface area (Å²) in [7, 11) is -2.17. The number of benzene rings is 1. The second-order valence-electron chi connectivity index (χ2n) is 8.00. The maximum Gasteiger partial charge on any atom is 0.246 e. The van der Waals surface area contributed by atoms with E-state index in [0.717, 1.165) is 11.1 Å². The summed E-state index contributed by atoms with van der Waals surface area (Å²) in [5.74, 6) is 0.210. The summed E-state index contributed by atoms with van der Waals surface area (Å²) < 4.78 is 32.9. The molecule has 1 heterocycles. The van der Waals surface area contributed by atoms with Crippen molar-refractivity contribution in [3.05, 3.63) is 23.3 Å². The van der Waals surface area contributed by atoms with E-state index in [2.05, 4.69) is 5.32 Å². The maximum absolute atomic E-state index is 13.1. The van der Waals surface area contributed by atoms with Crippen LogP contribution in [0.1, 0.15) is 44.7 Å². The number of hydrogen-bond acceptors (Lipinski definition) is 4. The lowest BCUT2D eigenvalue weighted by molar-refractivity contribution is -0.127. The zero-order valence-electron chi connectivity index (χ0n) is 16.5. The van der Waals surface area contributed by atoms with Crippen LogP contribution in [0.4, 0.5) is 0 Å². The minimum absolute atomic E-state index is 0.00157. The molecule has 7 heteroatoms.